The second-order valence-electron chi connectivity index (χ2n) is 4.81. The molecule has 1 N–H and O–H groups in total. The Labute approximate surface area is 108 Å². The molecule has 2 atom stereocenters. The molecule has 0 spiro atoms. The van der Waals surface area contributed by atoms with Gasteiger partial charge in [-0.3, -0.25) is 0 Å². The predicted octanol–water partition coefficient (Wildman–Crippen LogP) is 3.49. The molecule has 0 saturated heterocycles. The monoisotopic (exact) mass is 248 g/mol. The van der Waals surface area contributed by atoms with E-state index < -0.39 is 0 Å². The van der Waals surface area contributed by atoms with Gasteiger partial charge in [-0.05, 0) is 36.5 Å². The first-order valence-electron chi connectivity index (χ1n) is 6.12. The quantitative estimate of drug-likeness (QED) is 0.889. The molecule has 1 aromatic rings. The van der Waals surface area contributed by atoms with Gasteiger partial charge in [0.1, 0.15) is 0 Å². The fourth-order valence-electron chi connectivity index (χ4n) is 2.45. The zero-order valence-electron chi connectivity index (χ0n) is 10.0. The van der Waals surface area contributed by atoms with Gasteiger partial charge in [-0.1, -0.05) is 31.0 Å². The van der Waals surface area contributed by atoms with Crippen LogP contribution in [0, 0.1) is 17.2 Å². The maximum atomic E-state index is 8.77. The molecule has 0 amide bonds. The van der Waals surface area contributed by atoms with Crippen molar-refractivity contribution >= 4 is 11.6 Å². The van der Waals surface area contributed by atoms with Gasteiger partial charge in [-0.25, -0.2) is 0 Å². The summed E-state index contributed by atoms with van der Waals surface area (Å²) in [5.74, 6) is 0.757. The summed E-state index contributed by atoms with van der Waals surface area (Å²) in [6, 6.07) is 8.20. The van der Waals surface area contributed by atoms with Gasteiger partial charge in [0.05, 0.1) is 11.6 Å². The molecule has 0 heterocycles. The van der Waals surface area contributed by atoms with Gasteiger partial charge >= 0.3 is 0 Å². The van der Waals surface area contributed by atoms with Gasteiger partial charge in [0.2, 0.25) is 0 Å². The Bertz CT molecular complexity index is 436. The summed E-state index contributed by atoms with van der Waals surface area (Å²) in [5.41, 5.74) is 1.69. The number of hydrogen-bond acceptors (Lipinski definition) is 2. The molecular formula is C14H17ClN2. The van der Waals surface area contributed by atoms with Crippen LogP contribution >= 0.6 is 11.6 Å². The van der Waals surface area contributed by atoms with E-state index in [1.807, 2.05) is 12.1 Å². The Morgan fingerprint density at radius 3 is 2.88 bits per heavy atom. The van der Waals surface area contributed by atoms with Crippen molar-refractivity contribution in [2.75, 3.05) is 0 Å². The van der Waals surface area contributed by atoms with Gasteiger partial charge in [0.25, 0.3) is 0 Å². The molecule has 2 unspecified atom stereocenters. The van der Waals surface area contributed by atoms with Gasteiger partial charge in [0.15, 0.2) is 0 Å². The third kappa shape index (κ3) is 3.00. The molecule has 0 radical (unpaired) electrons. The first kappa shape index (κ1) is 12.4. The Hall–Kier alpha value is -1.04. The Morgan fingerprint density at radius 1 is 1.47 bits per heavy atom. The summed E-state index contributed by atoms with van der Waals surface area (Å²) in [4.78, 5) is 0. The van der Waals surface area contributed by atoms with E-state index in [0.717, 1.165) is 18.0 Å². The van der Waals surface area contributed by atoms with Crippen LogP contribution < -0.4 is 5.32 Å². The summed E-state index contributed by atoms with van der Waals surface area (Å²) in [5, 5.41) is 13.0. The third-order valence-corrected chi connectivity index (χ3v) is 3.95. The van der Waals surface area contributed by atoms with Crippen molar-refractivity contribution in [2.45, 2.75) is 38.8 Å². The lowest BCUT2D eigenvalue weighted by atomic mass is 10.1. The molecule has 1 saturated carbocycles. The zero-order valence-corrected chi connectivity index (χ0v) is 10.8. The van der Waals surface area contributed by atoms with E-state index in [1.54, 1.807) is 6.07 Å². The van der Waals surface area contributed by atoms with Crippen LogP contribution in [-0.4, -0.2) is 6.04 Å². The molecule has 90 valence electrons. The highest BCUT2D eigenvalue weighted by Gasteiger charge is 2.22. The van der Waals surface area contributed by atoms with Crippen molar-refractivity contribution < 1.29 is 0 Å². The lowest BCUT2D eigenvalue weighted by molar-refractivity contribution is 0.426. The number of nitrogens with one attached hydrogen (secondary N) is 1. The molecule has 2 nitrogen and oxygen atoms in total. The largest absolute Gasteiger partial charge is 0.310 e. The van der Waals surface area contributed by atoms with Crippen LogP contribution in [0.5, 0.6) is 0 Å². The second kappa shape index (κ2) is 5.53. The molecule has 1 aliphatic carbocycles. The Kier molecular flexibility index (Phi) is 4.04. The highest BCUT2D eigenvalue weighted by molar-refractivity contribution is 6.31. The van der Waals surface area contributed by atoms with Crippen LogP contribution in [0.4, 0.5) is 0 Å². The summed E-state index contributed by atoms with van der Waals surface area (Å²) >= 11 is 6.14. The molecule has 0 aromatic heterocycles. The normalized spacial score (nSPS) is 23.6. The molecule has 1 aromatic carbocycles. The van der Waals surface area contributed by atoms with Crippen LogP contribution in [0.25, 0.3) is 0 Å². The third-order valence-electron chi connectivity index (χ3n) is 3.60. The SMILES string of the molecule is CC1CCCC1NCc1ccc(C#N)cc1Cl. The Morgan fingerprint density at radius 2 is 2.29 bits per heavy atom. The minimum Gasteiger partial charge on any atom is -0.310 e. The number of rotatable bonds is 3. The van der Waals surface area contributed by atoms with E-state index in [-0.39, 0.29) is 0 Å². The van der Waals surface area contributed by atoms with E-state index >= 15 is 0 Å². The molecule has 2 rings (SSSR count). The van der Waals surface area contributed by atoms with Crippen LogP contribution in [0.3, 0.4) is 0 Å². The summed E-state index contributed by atoms with van der Waals surface area (Å²) in [6.45, 7) is 3.09. The van der Waals surface area contributed by atoms with Gasteiger partial charge < -0.3 is 5.32 Å². The molecule has 17 heavy (non-hydrogen) atoms. The van der Waals surface area contributed by atoms with Crippen LogP contribution in [0.2, 0.25) is 5.02 Å². The number of halogens is 1. The van der Waals surface area contributed by atoms with E-state index in [9.17, 15) is 0 Å². The van der Waals surface area contributed by atoms with Crippen molar-refractivity contribution in [3.8, 4) is 6.07 Å². The summed E-state index contributed by atoms with van der Waals surface area (Å²) in [7, 11) is 0. The van der Waals surface area contributed by atoms with Crippen molar-refractivity contribution in [2.24, 2.45) is 5.92 Å². The van der Waals surface area contributed by atoms with Gasteiger partial charge in [-0.15, -0.1) is 0 Å². The lowest BCUT2D eigenvalue weighted by Crippen LogP contribution is -2.30. The first-order valence-corrected chi connectivity index (χ1v) is 6.50. The van der Waals surface area contributed by atoms with Gasteiger partial charge in [-0.2, -0.15) is 5.26 Å². The molecule has 3 heteroatoms. The number of benzene rings is 1. The fourth-order valence-corrected chi connectivity index (χ4v) is 2.70. The van der Waals surface area contributed by atoms with E-state index in [4.69, 9.17) is 16.9 Å². The fraction of sp³-hybridized carbons (Fsp3) is 0.500. The molecule has 0 aliphatic heterocycles. The number of nitriles is 1. The summed E-state index contributed by atoms with van der Waals surface area (Å²) < 4.78 is 0. The number of hydrogen-bond donors (Lipinski definition) is 1. The first-order chi connectivity index (χ1) is 8.20. The topological polar surface area (TPSA) is 35.8 Å². The van der Waals surface area contributed by atoms with Crippen molar-refractivity contribution in [1.82, 2.24) is 5.32 Å². The standard InChI is InChI=1S/C14H17ClN2/c1-10-3-2-4-14(10)17-9-12-6-5-11(8-16)7-13(12)15/h5-7,10,14,17H,2-4,9H2,1H3. The van der Waals surface area contributed by atoms with Gasteiger partial charge in [0, 0.05) is 17.6 Å². The van der Waals surface area contributed by atoms with E-state index in [1.165, 1.54) is 19.3 Å². The Balaban J connectivity index is 1.97. The average molecular weight is 249 g/mol. The van der Waals surface area contributed by atoms with Crippen molar-refractivity contribution in [3.63, 3.8) is 0 Å². The predicted molar refractivity (Wildman–Crippen MR) is 69.8 cm³/mol. The molecule has 1 fully saturated rings. The minimum absolute atomic E-state index is 0.613. The lowest BCUT2D eigenvalue weighted by Gasteiger charge is -2.17. The van der Waals surface area contributed by atoms with E-state index in [2.05, 4.69) is 18.3 Å². The minimum atomic E-state index is 0.613. The zero-order chi connectivity index (χ0) is 12.3. The average Bonchev–Trinajstić information content (AvgIpc) is 2.73. The highest BCUT2D eigenvalue weighted by Crippen LogP contribution is 2.25. The van der Waals surface area contributed by atoms with Crippen LogP contribution in [0.1, 0.15) is 37.3 Å². The van der Waals surface area contributed by atoms with Crippen molar-refractivity contribution in [1.29, 1.82) is 5.26 Å². The van der Waals surface area contributed by atoms with Crippen LogP contribution in [-0.2, 0) is 6.54 Å². The maximum absolute atomic E-state index is 8.77. The number of nitrogens with zero attached hydrogens (tertiary/aromatic N) is 1. The van der Waals surface area contributed by atoms with E-state index in [0.29, 0.717) is 16.6 Å². The molecule has 0 bridgehead atoms. The second-order valence-corrected chi connectivity index (χ2v) is 5.22. The molecular weight excluding hydrogens is 232 g/mol. The molecule has 1 aliphatic rings. The smallest absolute Gasteiger partial charge is 0.0992 e. The van der Waals surface area contributed by atoms with Crippen molar-refractivity contribution in [3.05, 3.63) is 34.3 Å². The maximum Gasteiger partial charge on any atom is 0.0992 e. The summed E-state index contributed by atoms with van der Waals surface area (Å²) in [6.07, 6.45) is 3.90. The van der Waals surface area contributed by atoms with Crippen LogP contribution in [0.15, 0.2) is 18.2 Å². The highest BCUT2D eigenvalue weighted by atomic mass is 35.5.